The Balaban J connectivity index is 1.18. The Hall–Kier alpha value is -1.16. The van der Waals surface area contributed by atoms with E-state index in [1.54, 1.807) is 0 Å². The predicted octanol–water partition coefficient (Wildman–Crippen LogP) is 2.77. The van der Waals surface area contributed by atoms with Crippen LogP contribution >= 0.6 is 0 Å². The van der Waals surface area contributed by atoms with Crippen LogP contribution in [0.5, 0.6) is 0 Å². The number of hydrogen-bond donors (Lipinski definition) is 0. The van der Waals surface area contributed by atoms with Crippen molar-refractivity contribution in [1.29, 1.82) is 0 Å². The first kappa shape index (κ1) is 20.7. The van der Waals surface area contributed by atoms with Gasteiger partial charge in [-0.25, -0.2) is 8.42 Å². The molecule has 2 aliphatic heterocycles. The molecule has 0 N–H and O–H groups in total. The second-order valence-electron chi connectivity index (χ2n) is 10.2. The summed E-state index contributed by atoms with van der Waals surface area (Å²) in [6.45, 7) is 5.06. The van der Waals surface area contributed by atoms with Gasteiger partial charge in [-0.3, -0.25) is 4.98 Å². The number of nitrogens with zero attached hydrogens (tertiary/aromatic N) is 3. The topological polar surface area (TPSA) is 62.7 Å². The molecular weight excluding hydrogens is 412 g/mol. The number of aromatic nitrogens is 1. The molecule has 2 spiro atoms. The van der Waals surface area contributed by atoms with E-state index in [-0.39, 0.29) is 16.0 Å². The Labute approximate surface area is 176 Å². The zero-order valence-electron chi connectivity index (χ0n) is 17.7. The molecule has 6 nitrogen and oxygen atoms in total. The highest BCUT2D eigenvalue weighted by Crippen LogP contribution is 2.55. The molecule has 0 bridgehead atoms. The van der Waals surface area contributed by atoms with Crippen LogP contribution in [0.15, 0.2) is 17.0 Å². The maximum atomic E-state index is 13.5. The van der Waals surface area contributed by atoms with Gasteiger partial charge < -0.3 is 9.64 Å². The van der Waals surface area contributed by atoms with E-state index in [0.29, 0.717) is 30.6 Å². The van der Waals surface area contributed by atoms with Gasteiger partial charge in [-0.1, -0.05) is 0 Å². The summed E-state index contributed by atoms with van der Waals surface area (Å²) in [4.78, 5) is 6.36. The van der Waals surface area contributed by atoms with Crippen LogP contribution in [-0.4, -0.2) is 68.0 Å². The number of sulfonamides is 1. The monoisotopic (exact) mass is 441 g/mol. The van der Waals surface area contributed by atoms with E-state index in [2.05, 4.69) is 16.9 Å². The van der Waals surface area contributed by atoms with Crippen LogP contribution < -0.4 is 0 Å². The van der Waals surface area contributed by atoms with Crippen LogP contribution in [-0.2, 0) is 20.7 Å². The average Bonchev–Trinajstić information content (AvgIpc) is 2.48. The second-order valence-corrected chi connectivity index (χ2v) is 12.1. The third-order valence-corrected chi connectivity index (χ3v) is 9.70. The third-order valence-electron chi connectivity index (χ3n) is 7.77. The predicted molar refractivity (Wildman–Crippen MR) is 107 cm³/mol. The van der Waals surface area contributed by atoms with Gasteiger partial charge >= 0.3 is 0 Å². The Kier molecular flexibility index (Phi) is 4.44. The van der Waals surface area contributed by atoms with E-state index < -0.39 is 21.6 Å². The Bertz CT molecular complexity index is 952. The molecule has 5 rings (SSSR count). The molecule has 2 aliphatic carbocycles. The van der Waals surface area contributed by atoms with Gasteiger partial charge in [0.15, 0.2) is 0 Å². The second kappa shape index (κ2) is 6.43. The minimum absolute atomic E-state index is 0.0285. The quantitative estimate of drug-likeness (QED) is 0.703. The average molecular weight is 442 g/mol. The summed E-state index contributed by atoms with van der Waals surface area (Å²) in [5.74, 6) is -3.09. The molecular formula is C21H29F2N3O3S. The molecule has 30 heavy (non-hydrogen) atoms. The molecule has 3 heterocycles. The van der Waals surface area contributed by atoms with Crippen molar-refractivity contribution in [3.05, 3.63) is 23.5 Å². The lowest BCUT2D eigenvalue weighted by molar-refractivity contribution is -0.195. The van der Waals surface area contributed by atoms with Crippen molar-refractivity contribution >= 4 is 10.0 Å². The van der Waals surface area contributed by atoms with E-state index in [1.165, 1.54) is 30.1 Å². The molecule has 0 radical (unpaired) electrons. The summed E-state index contributed by atoms with van der Waals surface area (Å²) in [7, 11) is -1.51. The number of aryl methyl sites for hydroxylation is 1. The summed E-state index contributed by atoms with van der Waals surface area (Å²) >= 11 is 0. The van der Waals surface area contributed by atoms with Gasteiger partial charge in [-0.05, 0) is 51.8 Å². The third kappa shape index (κ3) is 3.12. The molecule has 2 saturated heterocycles. The van der Waals surface area contributed by atoms with Gasteiger partial charge in [0.25, 0.3) is 5.92 Å². The van der Waals surface area contributed by atoms with Crippen LogP contribution in [0.4, 0.5) is 8.78 Å². The van der Waals surface area contributed by atoms with Gasteiger partial charge in [-0.2, -0.15) is 13.1 Å². The zero-order chi connectivity index (χ0) is 21.5. The fraction of sp³-hybridized carbons (Fsp3) is 0.762. The van der Waals surface area contributed by atoms with Crippen LogP contribution in [0, 0.1) is 17.8 Å². The molecule has 9 heteroatoms. The van der Waals surface area contributed by atoms with Gasteiger partial charge in [0.05, 0.1) is 18.9 Å². The minimum Gasteiger partial charge on any atom is -0.380 e. The molecule has 1 aromatic heterocycles. The molecule has 0 unspecified atom stereocenters. The highest BCUT2D eigenvalue weighted by Gasteiger charge is 2.59. The van der Waals surface area contributed by atoms with Gasteiger partial charge in [0.2, 0.25) is 10.0 Å². The number of alkyl halides is 2. The summed E-state index contributed by atoms with van der Waals surface area (Å²) in [6, 6.07) is 3.53. The molecule has 0 amide bonds. The number of hydrogen-bond acceptors (Lipinski definition) is 5. The van der Waals surface area contributed by atoms with Crippen molar-refractivity contribution in [3.63, 3.8) is 0 Å². The SMILES string of the molecule is Cc1nc(C(C)(F)F)ccc1S(=O)(=O)N1CC2(CC(N(C)C3CC4(COC4)C3)C2)C1. The van der Waals surface area contributed by atoms with Gasteiger partial charge in [-0.15, -0.1) is 0 Å². The molecule has 1 aromatic rings. The molecule has 4 fully saturated rings. The first-order valence-electron chi connectivity index (χ1n) is 10.6. The largest absolute Gasteiger partial charge is 0.380 e. The maximum absolute atomic E-state index is 13.5. The van der Waals surface area contributed by atoms with Crippen LogP contribution in [0.3, 0.4) is 0 Å². The van der Waals surface area contributed by atoms with Crippen LogP contribution in [0.2, 0.25) is 0 Å². The van der Waals surface area contributed by atoms with Crippen molar-refractivity contribution < 1.29 is 21.9 Å². The molecule has 4 aliphatic rings. The molecule has 2 saturated carbocycles. The first-order valence-corrected chi connectivity index (χ1v) is 12.0. The first-order chi connectivity index (χ1) is 13.9. The van der Waals surface area contributed by atoms with E-state index in [9.17, 15) is 17.2 Å². The smallest absolute Gasteiger partial charge is 0.286 e. The Morgan fingerprint density at radius 3 is 2.17 bits per heavy atom. The molecule has 0 atom stereocenters. The number of pyridine rings is 1. The van der Waals surface area contributed by atoms with Crippen molar-refractivity contribution in [3.8, 4) is 0 Å². The maximum Gasteiger partial charge on any atom is 0.286 e. The number of rotatable bonds is 5. The van der Waals surface area contributed by atoms with E-state index in [1.807, 2.05) is 0 Å². The highest BCUT2D eigenvalue weighted by molar-refractivity contribution is 7.89. The lowest BCUT2D eigenvalue weighted by Gasteiger charge is -2.63. The summed E-state index contributed by atoms with van der Waals surface area (Å²) in [5, 5.41) is 0. The number of halogens is 2. The minimum atomic E-state index is -3.70. The van der Waals surface area contributed by atoms with Crippen molar-refractivity contribution in [2.75, 3.05) is 33.4 Å². The summed E-state index contributed by atoms with van der Waals surface area (Å²) < 4.78 is 59.8. The van der Waals surface area contributed by atoms with Crippen LogP contribution in [0.1, 0.15) is 44.0 Å². The fourth-order valence-corrected chi connectivity index (χ4v) is 7.54. The van der Waals surface area contributed by atoms with Crippen LogP contribution in [0.25, 0.3) is 0 Å². The lowest BCUT2D eigenvalue weighted by atomic mass is 9.59. The Morgan fingerprint density at radius 1 is 1.13 bits per heavy atom. The van der Waals surface area contributed by atoms with Crippen molar-refractivity contribution in [1.82, 2.24) is 14.2 Å². The van der Waals surface area contributed by atoms with Gasteiger partial charge in [0, 0.05) is 42.9 Å². The summed E-state index contributed by atoms with van der Waals surface area (Å²) in [5.41, 5.74) is 0.241. The number of ether oxygens (including phenoxy) is 1. The van der Waals surface area contributed by atoms with Crippen molar-refractivity contribution in [2.45, 2.75) is 62.4 Å². The Morgan fingerprint density at radius 2 is 1.70 bits per heavy atom. The van der Waals surface area contributed by atoms with Crippen molar-refractivity contribution in [2.24, 2.45) is 10.8 Å². The molecule has 166 valence electrons. The van der Waals surface area contributed by atoms with E-state index in [0.717, 1.165) is 39.0 Å². The highest BCUT2D eigenvalue weighted by atomic mass is 32.2. The van der Waals surface area contributed by atoms with E-state index in [4.69, 9.17) is 4.74 Å². The van der Waals surface area contributed by atoms with E-state index >= 15 is 0 Å². The normalized spacial score (nSPS) is 28.1. The zero-order valence-corrected chi connectivity index (χ0v) is 18.5. The van der Waals surface area contributed by atoms with Gasteiger partial charge in [0.1, 0.15) is 10.6 Å². The summed E-state index contributed by atoms with van der Waals surface area (Å²) in [6.07, 6.45) is 4.47. The standard InChI is InChI=1S/C21H29F2N3O3S/c1-14-17(4-5-18(24-14)19(2,22)23)30(27,28)26-10-20(11-26)6-15(7-20)25(3)16-8-21(9-16)12-29-13-21/h4-5,15-16H,6-13H2,1-3H3. The lowest BCUT2D eigenvalue weighted by Crippen LogP contribution is -2.69. The molecule has 0 aromatic carbocycles. The fourth-order valence-electron chi connectivity index (χ4n) is 5.71.